The van der Waals surface area contributed by atoms with Crippen molar-refractivity contribution in [2.45, 2.75) is 72.6 Å². The van der Waals surface area contributed by atoms with Gasteiger partial charge in [0.2, 0.25) is 5.91 Å². The zero-order chi connectivity index (χ0) is 25.2. The topological polar surface area (TPSA) is 90.5 Å². The van der Waals surface area contributed by atoms with E-state index in [0.29, 0.717) is 17.3 Å². The van der Waals surface area contributed by atoms with E-state index >= 15 is 0 Å². The molecule has 188 valence electrons. The van der Waals surface area contributed by atoms with Gasteiger partial charge in [-0.25, -0.2) is 14.6 Å². The maximum atomic E-state index is 13.2. The molecule has 1 N–H and O–H groups in total. The van der Waals surface area contributed by atoms with Gasteiger partial charge in [0.25, 0.3) is 0 Å². The Balaban J connectivity index is 1.41. The number of nitrogens with one attached hydrogen (secondary N) is 1. The van der Waals surface area contributed by atoms with Crippen LogP contribution in [0.25, 0.3) is 22.5 Å². The fraction of sp³-hybridized carbons (Fsp3) is 0.464. The zero-order valence-electron chi connectivity index (χ0n) is 21.7. The summed E-state index contributed by atoms with van der Waals surface area (Å²) in [6.45, 7) is 8.33. The summed E-state index contributed by atoms with van der Waals surface area (Å²) >= 11 is 0. The molecule has 1 amide bonds. The van der Waals surface area contributed by atoms with E-state index in [1.165, 1.54) is 31.2 Å². The van der Waals surface area contributed by atoms with Crippen molar-refractivity contribution >= 4 is 22.8 Å². The second kappa shape index (κ2) is 10.2. The summed E-state index contributed by atoms with van der Waals surface area (Å²) in [7, 11) is 0. The molecule has 1 aliphatic carbocycles. The molecule has 0 saturated heterocycles. The van der Waals surface area contributed by atoms with Crippen molar-refractivity contribution in [2.75, 3.05) is 5.32 Å². The zero-order valence-corrected chi connectivity index (χ0v) is 21.7. The molecular formula is C28H35N7O. The predicted octanol–water partition coefficient (Wildman–Crippen LogP) is 5.86. The average molecular weight is 486 g/mol. The van der Waals surface area contributed by atoms with E-state index in [4.69, 9.17) is 0 Å². The van der Waals surface area contributed by atoms with Crippen molar-refractivity contribution in [3.63, 3.8) is 0 Å². The summed E-state index contributed by atoms with van der Waals surface area (Å²) in [5, 5.41) is 13.2. The van der Waals surface area contributed by atoms with Crippen LogP contribution < -0.4 is 5.32 Å². The molecule has 1 saturated carbocycles. The number of hydrogen-bond acceptors (Lipinski definition) is 5. The van der Waals surface area contributed by atoms with Gasteiger partial charge in [0.1, 0.15) is 12.1 Å². The molecule has 8 heteroatoms. The number of anilines is 1. The Labute approximate surface area is 212 Å². The molecular weight excluding hydrogens is 450 g/mol. The van der Waals surface area contributed by atoms with Gasteiger partial charge in [-0.1, -0.05) is 38.3 Å². The van der Waals surface area contributed by atoms with E-state index < -0.39 is 0 Å². The van der Waals surface area contributed by atoms with E-state index in [0.717, 1.165) is 53.9 Å². The first-order valence-corrected chi connectivity index (χ1v) is 13.1. The third-order valence-corrected chi connectivity index (χ3v) is 7.62. The van der Waals surface area contributed by atoms with Crippen LogP contribution in [0.4, 0.5) is 5.82 Å². The highest BCUT2D eigenvalue weighted by Gasteiger charge is 2.27. The van der Waals surface area contributed by atoms with Crippen LogP contribution in [0.1, 0.15) is 68.7 Å². The minimum absolute atomic E-state index is 0.0454. The minimum Gasteiger partial charge on any atom is -0.310 e. The smallest absolute Gasteiger partial charge is 0.228 e. The lowest BCUT2D eigenvalue weighted by Gasteiger charge is -2.27. The fourth-order valence-corrected chi connectivity index (χ4v) is 5.33. The molecule has 0 bridgehead atoms. The Kier molecular flexibility index (Phi) is 6.85. The normalized spacial score (nSPS) is 18.0. The molecule has 0 radical (unpaired) electrons. The number of carbonyl (C=O) groups is 1. The Morgan fingerprint density at radius 2 is 1.89 bits per heavy atom. The lowest BCUT2D eigenvalue weighted by molar-refractivity contribution is -0.121. The van der Waals surface area contributed by atoms with Crippen molar-refractivity contribution in [3.8, 4) is 11.5 Å². The van der Waals surface area contributed by atoms with Crippen LogP contribution in [0.5, 0.6) is 0 Å². The molecule has 1 aliphatic rings. The van der Waals surface area contributed by atoms with E-state index in [-0.39, 0.29) is 11.8 Å². The Morgan fingerprint density at radius 1 is 1.08 bits per heavy atom. The van der Waals surface area contributed by atoms with Gasteiger partial charge in [-0.3, -0.25) is 4.79 Å². The van der Waals surface area contributed by atoms with Crippen molar-refractivity contribution < 1.29 is 4.79 Å². The van der Waals surface area contributed by atoms with Gasteiger partial charge < -0.3 is 5.32 Å². The number of aryl methyl sites for hydroxylation is 2. The number of carbonyl (C=O) groups excluding carboxylic acids is 1. The molecule has 0 aliphatic heterocycles. The van der Waals surface area contributed by atoms with Crippen LogP contribution in [0.2, 0.25) is 0 Å². The van der Waals surface area contributed by atoms with E-state index in [9.17, 15) is 4.79 Å². The molecule has 0 unspecified atom stereocenters. The highest BCUT2D eigenvalue weighted by molar-refractivity contribution is 5.93. The van der Waals surface area contributed by atoms with Crippen LogP contribution in [-0.2, 0) is 4.79 Å². The highest BCUT2D eigenvalue weighted by Crippen LogP contribution is 2.33. The van der Waals surface area contributed by atoms with Crippen LogP contribution >= 0.6 is 0 Å². The molecule has 0 atom stereocenters. The highest BCUT2D eigenvalue weighted by atomic mass is 16.2. The number of benzene rings is 1. The Hall–Kier alpha value is -3.55. The summed E-state index contributed by atoms with van der Waals surface area (Å²) < 4.78 is 3.55. The monoisotopic (exact) mass is 485 g/mol. The molecule has 1 aromatic carbocycles. The van der Waals surface area contributed by atoms with Gasteiger partial charge in [-0.15, -0.1) is 0 Å². The maximum Gasteiger partial charge on any atom is 0.228 e. The molecule has 0 spiro atoms. The molecule has 1 fully saturated rings. The summed E-state index contributed by atoms with van der Waals surface area (Å²) in [5.74, 6) is 2.11. The molecule has 3 heterocycles. The first-order chi connectivity index (χ1) is 17.5. The van der Waals surface area contributed by atoms with Gasteiger partial charge in [0, 0.05) is 12.0 Å². The summed E-state index contributed by atoms with van der Waals surface area (Å²) in [5.41, 5.74) is 4.83. The number of hydrogen-bond donors (Lipinski definition) is 1. The Bertz CT molecular complexity index is 1380. The van der Waals surface area contributed by atoms with Crippen LogP contribution in [-0.4, -0.2) is 35.4 Å². The SMILES string of the molecule is CCCCC1CCC(C(=O)Nc2cc(C)nn2-c2ncnc3c2cnn3-c2cccc(C)c2C)CC1. The van der Waals surface area contributed by atoms with E-state index in [1.54, 1.807) is 10.9 Å². The molecule has 8 nitrogen and oxygen atoms in total. The molecule has 5 rings (SSSR count). The van der Waals surface area contributed by atoms with Crippen molar-refractivity contribution in [1.82, 2.24) is 29.5 Å². The first-order valence-electron chi connectivity index (χ1n) is 13.1. The first kappa shape index (κ1) is 24.2. The molecule has 3 aromatic heterocycles. The summed E-state index contributed by atoms with van der Waals surface area (Å²) in [4.78, 5) is 22.3. The van der Waals surface area contributed by atoms with Gasteiger partial charge in [-0.05, 0) is 69.6 Å². The second-order valence-corrected chi connectivity index (χ2v) is 10.1. The van der Waals surface area contributed by atoms with Crippen LogP contribution in [0, 0.1) is 32.6 Å². The average Bonchev–Trinajstić information content (AvgIpc) is 3.47. The lowest BCUT2D eigenvalue weighted by atomic mass is 9.79. The van der Waals surface area contributed by atoms with Gasteiger partial charge in [0.05, 0.1) is 23.0 Å². The fourth-order valence-electron chi connectivity index (χ4n) is 5.33. The predicted molar refractivity (Wildman–Crippen MR) is 142 cm³/mol. The van der Waals surface area contributed by atoms with Crippen LogP contribution in [0.3, 0.4) is 0 Å². The third-order valence-electron chi connectivity index (χ3n) is 7.62. The van der Waals surface area contributed by atoms with Gasteiger partial charge >= 0.3 is 0 Å². The van der Waals surface area contributed by atoms with Crippen molar-refractivity contribution in [3.05, 3.63) is 53.6 Å². The standard InChI is InChI=1S/C28H35N7O/c1-5-6-9-21-11-13-22(14-12-21)28(36)32-25-15-19(3)33-35(25)27-23-16-31-34(26(23)29-17-30-27)24-10-7-8-18(2)20(24)4/h7-8,10,15-17,21-22H,5-6,9,11-14H2,1-4H3,(H,32,36). The number of aromatic nitrogens is 6. The molecule has 36 heavy (non-hydrogen) atoms. The maximum absolute atomic E-state index is 13.2. The van der Waals surface area contributed by atoms with Crippen molar-refractivity contribution in [1.29, 1.82) is 0 Å². The van der Waals surface area contributed by atoms with Crippen LogP contribution in [0.15, 0.2) is 36.8 Å². The second-order valence-electron chi connectivity index (χ2n) is 10.1. The quantitative estimate of drug-likeness (QED) is 0.354. The summed E-state index contributed by atoms with van der Waals surface area (Å²) in [6.07, 6.45) is 11.3. The summed E-state index contributed by atoms with van der Waals surface area (Å²) in [6, 6.07) is 8.05. The van der Waals surface area contributed by atoms with E-state index in [1.807, 2.05) is 29.8 Å². The van der Waals surface area contributed by atoms with E-state index in [2.05, 4.69) is 52.3 Å². The lowest BCUT2D eigenvalue weighted by Crippen LogP contribution is -2.28. The third kappa shape index (κ3) is 4.64. The number of fused-ring (bicyclic) bond motifs is 1. The Morgan fingerprint density at radius 3 is 2.67 bits per heavy atom. The number of nitrogens with zero attached hydrogens (tertiary/aromatic N) is 6. The van der Waals surface area contributed by atoms with Gasteiger partial charge in [0.15, 0.2) is 11.5 Å². The van der Waals surface area contributed by atoms with Crippen molar-refractivity contribution in [2.24, 2.45) is 11.8 Å². The number of rotatable bonds is 7. The molecule has 4 aromatic rings. The largest absolute Gasteiger partial charge is 0.310 e. The number of unbranched alkanes of at least 4 members (excludes halogenated alkanes) is 1. The minimum atomic E-state index is 0.0454. The number of amides is 1. The van der Waals surface area contributed by atoms with Gasteiger partial charge in [-0.2, -0.15) is 14.9 Å².